The Morgan fingerprint density at radius 2 is 1.90 bits per heavy atom. The van der Waals surface area contributed by atoms with Crippen LogP contribution in [-0.4, -0.2) is 50.1 Å². The maximum atomic E-state index is 12.1. The summed E-state index contributed by atoms with van der Waals surface area (Å²) in [5.41, 5.74) is 0. The van der Waals surface area contributed by atoms with E-state index in [0.717, 1.165) is 32.1 Å². The van der Waals surface area contributed by atoms with Gasteiger partial charge in [0, 0.05) is 19.5 Å². The third kappa shape index (κ3) is 5.95. The third-order valence-corrected chi connectivity index (χ3v) is 5.11. The molecule has 122 valence electrons. The number of hydrogen-bond donors (Lipinski definition) is 2. The van der Waals surface area contributed by atoms with E-state index in [1.807, 2.05) is 0 Å². The molecule has 2 aliphatic heterocycles. The lowest BCUT2D eigenvalue weighted by Crippen LogP contribution is -2.36. The largest absolute Gasteiger partial charge is 0.356 e. The van der Waals surface area contributed by atoms with Gasteiger partial charge in [0.2, 0.25) is 5.91 Å². The number of likely N-dealkylation sites (tertiary alicyclic amines) is 1. The predicted molar refractivity (Wildman–Crippen MR) is 87.2 cm³/mol. The quantitative estimate of drug-likeness (QED) is 0.753. The molecule has 0 saturated carbocycles. The molecule has 2 aliphatic rings. The highest BCUT2D eigenvalue weighted by molar-refractivity contribution is 5.76. The number of piperidine rings is 1. The minimum absolute atomic E-state index is 0.245. The van der Waals surface area contributed by atoms with Crippen LogP contribution in [0.1, 0.15) is 46.0 Å². The highest BCUT2D eigenvalue weighted by atomic mass is 16.1. The lowest BCUT2D eigenvalue weighted by atomic mass is 9.84. The molecule has 2 fully saturated rings. The van der Waals surface area contributed by atoms with Gasteiger partial charge in [-0.05, 0) is 69.6 Å². The van der Waals surface area contributed by atoms with Crippen molar-refractivity contribution < 1.29 is 4.79 Å². The maximum Gasteiger partial charge on any atom is 0.220 e. The molecule has 21 heavy (non-hydrogen) atoms. The Balaban J connectivity index is 1.59. The lowest BCUT2D eigenvalue weighted by Gasteiger charge is -2.28. The van der Waals surface area contributed by atoms with Crippen LogP contribution in [0.25, 0.3) is 0 Å². The third-order valence-electron chi connectivity index (χ3n) is 5.11. The molecule has 0 aromatic carbocycles. The van der Waals surface area contributed by atoms with Crippen molar-refractivity contribution in [2.75, 3.05) is 39.3 Å². The van der Waals surface area contributed by atoms with Gasteiger partial charge in [-0.1, -0.05) is 13.8 Å². The summed E-state index contributed by atoms with van der Waals surface area (Å²) in [5, 5.41) is 6.54. The zero-order valence-electron chi connectivity index (χ0n) is 13.9. The first-order chi connectivity index (χ1) is 10.1. The first kappa shape index (κ1) is 16.8. The summed E-state index contributed by atoms with van der Waals surface area (Å²) in [6.07, 6.45) is 5.82. The number of hydrogen-bond acceptors (Lipinski definition) is 3. The molecule has 0 aromatic rings. The van der Waals surface area contributed by atoms with Gasteiger partial charge in [0.25, 0.3) is 0 Å². The van der Waals surface area contributed by atoms with Crippen LogP contribution in [0.2, 0.25) is 0 Å². The highest BCUT2D eigenvalue weighted by Gasteiger charge is 2.22. The van der Waals surface area contributed by atoms with E-state index in [-0.39, 0.29) is 5.91 Å². The molecular weight excluding hydrogens is 262 g/mol. The fourth-order valence-electron chi connectivity index (χ4n) is 3.70. The molecule has 2 saturated heterocycles. The number of carbonyl (C=O) groups excluding carboxylic acids is 1. The summed E-state index contributed by atoms with van der Waals surface area (Å²) in [6.45, 7) is 11.2. The Labute approximate surface area is 130 Å². The van der Waals surface area contributed by atoms with Crippen molar-refractivity contribution in [2.45, 2.75) is 46.0 Å². The van der Waals surface area contributed by atoms with Gasteiger partial charge < -0.3 is 15.5 Å². The van der Waals surface area contributed by atoms with Gasteiger partial charge in [-0.25, -0.2) is 0 Å². The smallest absolute Gasteiger partial charge is 0.220 e. The maximum absolute atomic E-state index is 12.1. The molecule has 0 radical (unpaired) electrons. The Bertz CT molecular complexity index is 309. The number of nitrogens with one attached hydrogen (secondary N) is 2. The van der Waals surface area contributed by atoms with Crippen LogP contribution in [0.15, 0.2) is 0 Å². The molecule has 2 N–H and O–H groups in total. The highest BCUT2D eigenvalue weighted by Crippen LogP contribution is 2.24. The van der Waals surface area contributed by atoms with E-state index in [1.165, 1.54) is 38.8 Å². The van der Waals surface area contributed by atoms with Gasteiger partial charge >= 0.3 is 0 Å². The van der Waals surface area contributed by atoms with Crippen molar-refractivity contribution in [2.24, 2.45) is 17.8 Å². The summed E-state index contributed by atoms with van der Waals surface area (Å²) < 4.78 is 0. The SMILES string of the molecule is CC(CNC(=O)CC(C)C1CCNCC1)CN1CCCC1. The van der Waals surface area contributed by atoms with Gasteiger partial charge in [0.05, 0.1) is 0 Å². The molecule has 0 spiro atoms. The van der Waals surface area contributed by atoms with Gasteiger partial charge in [-0.15, -0.1) is 0 Å². The van der Waals surface area contributed by atoms with Crippen LogP contribution in [0, 0.1) is 17.8 Å². The van der Waals surface area contributed by atoms with E-state index in [1.54, 1.807) is 0 Å². The second kappa shape index (κ2) is 8.74. The number of amides is 1. The van der Waals surface area contributed by atoms with E-state index >= 15 is 0 Å². The van der Waals surface area contributed by atoms with Crippen molar-refractivity contribution in [3.63, 3.8) is 0 Å². The first-order valence-corrected chi connectivity index (χ1v) is 8.85. The van der Waals surface area contributed by atoms with E-state index in [9.17, 15) is 4.79 Å². The Kier molecular flexibility index (Phi) is 6.97. The van der Waals surface area contributed by atoms with Crippen LogP contribution in [0.4, 0.5) is 0 Å². The molecule has 2 heterocycles. The van der Waals surface area contributed by atoms with Crippen molar-refractivity contribution in [3.8, 4) is 0 Å². The molecule has 0 aliphatic carbocycles. The molecule has 1 amide bonds. The Morgan fingerprint density at radius 1 is 1.24 bits per heavy atom. The molecule has 0 aromatic heterocycles. The number of nitrogens with zero attached hydrogens (tertiary/aromatic N) is 1. The topological polar surface area (TPSA) is 44.4 Å². The van der Waals surface area contributed by atoms with Crippen LogP contribution >= 0.6 is 0 Å². The van der Waals surface area contributed by atoms with Crippen molar-refractivity contribution in [3.05, 3.63) is 0 Å². The van der Waals surface area contributed by atoms with Gasteiger partial charge in [0.15, 0.2) is 0 Å². The predicted octanol–water partition coefficient (Wildman–Crippen LogP) is 1.86. The molecule has 2 atom stereocenters. The van der Waals surface area contributed by atoms with Crippen LogP contribution in [-0.2, 0) is 4.79 Å². The summed E-state index contributed by atoms with van der Waals surface area (Å²) in [7, 11) is 0. The zero-order chi connectivity index (χ0) is 15.1. The number of carbonyl (C=O) groups is 1. The van der Waals surface area contributed by atoms with Crippen molar-refractivity contribution >= 4 is 5.91 Å². The summed E-state index contributed by atoms with van der Waals surface area (Å²) in [4.78, 5) is 14.6. The summed E-state index contributed by atoms with van der Waals surface area (Å²) >= 11 is 0. The standard InChI is InChI=1S/C17H33N3O/c1-14(13-20-9-3-4-10-20)12-19-17(21)11-15(2)16-5-7-18-8-6-16/h14-16,18H,3-13H2,1-2H3,(H,19,21). The van der Waals surface area contributed by atoms with E-state index in [0.29, 0.717) is 18.3 Å². The molecule has 0 bridgehead atoms. The molecule has 4 nitrogen and oxygen atoms in total. The lowest BCUT2D eigenvalue weighted by molar-refractivity contribution is -0.122. The van der Waals surface area contributed by atoms with E-state index < -0.39 is 0 Å². The molecule has 2 rings (SSSR count). The monoisotopic (exact) mass is 295 g/mol. The fourth-order valence-corrected chi connectivity index (χ4v) is 3.70. The summed E-state index contributed by atoms with van der Waals surface area (Å²) in [6, 6.07) is 0. The van der Waals surface area contributed by atoms with E-state index in [4.69, 9.17) is 0 Å². The van der Waals surface area contributed by atoms with E-state index in [2.05, 4.69) is 29.4 Å². The second-order valence-electron chi connectivity index (χ2n) is 7.19. The fraction of sp³-hybridized carbons (Fsp3) is 0.941. The minimum Gasteiger partial charge on any atom is -0.356 e. The molecule has 2 unspecified atom stereocenters. The normalized spacial score (nSPS) is 23.9. The van der Waals surface area contributed by atoms with Crippen LogP contribution in [0.5, 0.6) is 0 Å². The van der Waals surface area contributed by atoms with Gasteiger partial charge in [-0.2, -0.15) is 0 Å². The average Bonchev–Trinajstić information content (AvgIpc) is 2.99. The van der Waals surface area contributed by atoms with Gasteiger partial charge in [-0.3, -0.25) is 4.79 Å². The van der Waals surface area contributed by atoms with Crippen LogP contribution in [0.3, 0.4) is 0 Å². The Morgan fingerprint density at radius 3 is 2.57 bits per heavy atom. The van der Waals surface area contributed by atoms with Crippen molar-refractivity contribution in [1.29, 1.82) is 0 Å². The minimum atomic E-state index is 0.245. The summed E-state index contributed by atoms with van der Waals surface area (Å²) in [5.74, 6) is 2.04. The molecule has 4 heteroatoms. The second-order valence-corrected chi connectivity index (χ2v) is 7.19. The first-order valence-electron chi connectivity index (χ1n) is 8.85. The molecular formula is C17H33N3O. The van der Waals surface area contributed by atoms with Crippen molar-refractivity contribution in [1.82, 2.24) is 15.5 Å². The zero-order valence-corrected chi connectivity index (χ0v) is 13.9. The Hall–Kier alpha value is -0.610. The average molecular weight is 295 g/mol. The van der Waals surface area contributed by atoms with Crippen LogP contribution < -0.4 is 10.6 Å². The van der Waals surface area contributed by atoms with Gasteiger partial charge in [0.1, 0.15) is 0 Å². The number of rotatable bonds is 7.